The molecule has 0 saturated heterocycles. The van der Waals surface area contributed by atoms with Gasteiger partial charge < -0.3 is 9.47 Å². The Morgan fingerprint density at radius 2 is 1.83 bits per heavy atom. The number of methoxy groups -OCH3 is 1. The number of halogens is 2. The quantitative estimate of drug-likeness (QED) is 0.454. The second kappa shape index (κ2) is 7.30. The van der Waals surface area contributed by atoms with Crippen LogP contribution in [0.4, 0.5) is 5.69 Å². The van der Waals surface area contributed by atoms with Gasteiger partial charge in [-0.15, -0.1) is 0 Å². The number of ether oxygens (including phenoxy) is 2. The van der Waals surface area contributed by atoms with Gasteiger partial charge in [0.05, 0.1) is 33.2 Å². The van der Waals surface area contributed by atoms with Gasteiger partial charge in [0.2, 0.25) is 0 Å². The summed E-state index contributed by atoms with van der Waals surface area (Å²) in [5.74, 6) is -0.446. The van der Waals surface area contributed by atoms with Gasteiger partial charge in [0.1, 0.15) is 6.61 Å². The van der Waals surface area contributed by atoms with Crippen LogP contribution in [0.15, 0.2) is 36.4 Å². The molecule has 0 aliphatic heterocycles. The average molecular weight is 356 g/mol. The highest BCUT2D eigenvalue weighted by molar-refractivity contribution is 6.37. The lowest BCUT2D eigenvalue weighted by Crippen LogP contribution is -2.07. The van der Waals surface area contributed by atoms with Crippen molar-refractivity contribution in [1.82, 2.24) is 0 Å². The van der Waals surface area contributed by atoms with Crippen molar-refractivity contribution in [3.05, 3.63) is 67.7 Å². The number of nitro benzene ring substituents is 1. The Balaban J connectivity index is 2.16. The van der Waals surface area contributed by atoms with E-state index >= 15 is 0 Å². The number of nitrogens with zero attached hydrogens (tertiary/aromatic N) is 1. The third-order valence-electron chi connectivity index (χ3n) is 2.99. The van der Waals surface area contributed by atoms with E-state index in [2.05, 4.69) is 0 Å². The van der Waals surface area contributed by atoms with Gasteiger partial charge in [0, 0.05) is 6.07 Å². The summed E-state index contributed by atoms with van der Waals surface area (Å²) in [4.78, 5) is 22.4. The maximum Gasteiger partial charge on any atom is 0.338 e. The molecular formula is C15H11Cl2NO5. The summed E-state index contributed by atoms with van der Waals surface area (Å²) in [6, 6.07) is 8.72. The average Bonchev–Trinajstić information content (AvgIpc) is 2.52. The lowest BCUT2D eigenvalue weighted by Gasteiger charge is -2.09. The Morgan fingerprint density at radius 1 is 1.22 bits per heavy atom. The molecule has 2 rings (SSSR count). The fourth-order valence-corrected chi connectivity index (χ4v) is 2.55. The number of hydrogen-bond donors (Lipinski definition) is 0. The zero-order chi connectivity index (χ0) is 17.0. The molecule has 0 aliphatic rings. The molecule has 6 nitrogen and oxygen atoms in total. The first-order valence-electron chi connectivity index (χ1n) is 6.36. The van der Waals surface area contributed by atoms with Crippen LogP contribution in [0.1, 0.15) is 15.9 Å². The molecule has 0 bridgehead atoms. The molecule has 0 saturated carbocycles. The fraction of sp³-hybridized carbons (Fsp3) is 0.133. The Labute approximate surface area is 141 Å². The number of carbonyl (C=O) groups excluding carboxylic acids is 1. The van der Waals surface area contributed by atoms with Gasteiger partial charge in [-0.05, 0) is 18.2 Å². The number of para-hydroxylation sites is 1. The van der Waals surface area contributed by atoms with Crippen molar-refractivity contribution in [2.45, 2.75) is 6.61 Å². The van der Waals surface area contributed by atoms with Gasteiger partial charge in [-0.3, -0.25) is 10.1 Å². The van der Waals surface area contributed by atoms with Crippen LogP contribution in [0, 0.1) is 10.1 Å². The van der Waals surface area contributed by atoms with E-state index in [1.807, 2.05) is 0 Å². The van der Waals surface area contributed by atoms with Crippen LogP contribution in [0.3, 0.4) is 0 Å². The van der Waals surface area contributed by atoms with Crippen molar-refractivity contribution in [1.29, 1.82) is 0 Å². The van der Waals surface area contributed by atoms with Gasteiger partial charge >= 0.3 is 5.97 Å². The number of rotatable bonds is 5. The second-order valence-electron chi connectivity index (χ2n) is 4.44. The maximum absolute atomic E-state index is 12.1. The summed E-state index contributed by atoms with van der Waals surface area (Å²) in [5, 5.41) is 11.2. The molecule has 0 N–H and O–H groups in total. The predicted octanol–water partition coefficient (Wildman–Crippen LogP) is 4.27. The zero-order valence-corrected chi connectivity index (χ0v) is 13.4. The Bertz CT molecular complexity index is 740. The standard InChI is InChI=1S/C15H11Cl2NO5/c1-22-14-11(16)6-10(7-12(14)17)15(19)23-8-9-4-2-3-5-13(9)18(20)21/h2-7H,8H2,1H3. The molecule has 8 heteroatoms. The third kappa shape index (κ3) is 3.91. The van der Waals surface area contributed by atoms with Crippen LogP contribution in [0.5, 0.6) is 5.75 Å². The Hall–Kier alpha value is -2.31. The minimum absolute atomic E-state index is 0.119. The van der Waals surface area contributed by atoms with Crippen molar-refractivity contribution in [3.63, 3.8) is 0 Å². The minimum Gasteiger partial charge on any atom is -0.494 e. The summed E-state index contributed by atoms with van der Waals surface area (Å²) >= 11 is 11.9. The summed E-state index contributed by atoms with van der Waals surface area (Å²) in [7, 11) is 1.40. The molecule has 0 unspecified atom stereocenters. The molecular weight excluding hydrogens is 345 g/mol. The van der Waals surface area contributed by atoms with E-state index in [4.69, 9.17) is 32.7 Å². The van der Waals surface area contributed by atoms with Gasteiger partial charge in [0.25, 0.3) is 5.69 Å². The topological polar surface area (TPSA) is 78.7 Å². The van der Waals surface area contributed by atoms with E-state index in [0.717, 1.165) is 0 Å². The lowest BCUT2D eigenvalue weighted by atomic mass is 10.2. The Morgan fingerprint density at radius 3 is 2.39 bits per heavy atom. The van der Waals surface area contributed by atoms with Crippen LogP contribution < -0.4 is 4.74 Å². The Kier molecular flexibility index (Phi) is 5.41. The second-order valence-corrected chi connectivity index (χ2v) is 5.25. The van der Waals surface area contributed by atoms with E-state index in [1.54, 1.807) is 6.07 Å². The van der Waals surface area contributed by atoms with Gasteiger partial charge in [-0.25, -0.2) is 4.79 Å². The first-order chi connectivity index (χ1) is 10.9. The first-order valence-corrected chi connectivity index (χ1v) is 7.12. The molecule has 23 heavy (non-hydrogen) atoms. The van der Waals surface area contributed by atoms with Crippen LogP contribution in [0.2, 0.25) is 10.0 Å². The molecule has 2 aromatic rings. The number of hydrogen-bond acceptors (Lipinski definition) is 5. The fourth-order valence-electron chi connectivity index (χ4n) is 1.91. The summed E-state index contributed by atoms with van der Waals surface area (Å²) in [5.41, 5.74) is 0.294. The molecule has 0 aromatic heterocycles. The van der Waals surface area contributed by atoms with Crippen molar-refractivity contribution in [2.24, 2.45) is 0 Å². The van der Waals surface area contributed by atoms with Crippen molar-refractivity contribution < 1.29 is 19.2 Å². The van der Waals surface area contributed by atoms with Crippen LogP contribution in [-0.2, 0) is 11.3 Å². The molecule has 0 aliphatic carbocycles. The van der Waals surface area contributed by atoms with E-state index < -0.39 is 10.9 Å². The van der Waals surface area contributed by atoms with Gasteiger partial charge in [0.15, 0.2) is 5.75 Å². The number of carbonyl (C=O) groups is 1. The number of esters is 1. The predicted molar refractivity (Wildman–Crippen MR) is 85.2 cm³/mol. The molecule has 0 radical (unpaired) electrons. The highest BCUT2D eigenvalue weighted by atomic mass is 35.5. The number of nitro groups is 1. The molecule has 2 aromatic carbocycles. The molecule has 0 spiro atoms. The summed E-state index contributed by atoms with van der Waals surface area (Å²) < 4.78 is 10.1. The molecule has 120 valence electrons. The lowest BCUT2D eigenvalue weighted by molar-refractivity contribution is -0.385. The first kappa shape index (κ1) is 17.1. The smallest absolute Gasteiger partial charge is 0.338 e. The van der Waals surface area contributed by atoms with Crippen LogP contribution in [-0.4, -0.2) is 18.0 Å². The van der Waals surface area contributed by atoms with Crippen molar-refractivity contribution in [3.8, 4) is 5.75 Å². The van der Waals surface area contributed by atoms with Gasteiger partial charge in [-0.1, -0.05) is 35.3 Å². The van der Waals surface area contributed by atoms with Crippen LogP contribution in [0.25, 0.3) is 0 Å². The minimum atomic E-state index is -0.699. The molecule has 0 amide bonds. The molecule has 0 fully saturated rings. The number of benzene rings is 2. The van der Waals surface area contributed by atoms with Crippen LogP contribution >= 0.6 is 23.2 Å². The normalized spacial score (nSPS) is 10.2. The van der Waals surface area contributed by atoms with E-state index in [0.29, 0.717) is 0 Å². The third-order valence-corrected chi connectivity index (χ3v) is 3.55. The maximum atomic E-state index is 12.1. The zero-order valence-electron chi connectivity index (χ0n) is 11.9. The molecule has 0 atom stereocenters. The summed E-state index contributed by atoms with van der Waals surface area (Å²) in [6.45, 7) is -0.239. The highest BCUT2D eigenvalue weighted by Gasteiger charge is 2.17. The van der Waals surface area contributed by atoms with Crippen molar-refractivity contribution in [2.75, 3.05) is 7.11 Å². The highest BCUT2D eigenvalue weighted by Crippen LogP contribution is 2.34. The largest absolute Gasteiger partial charge is 0.494 e. The molecule has 0 heterocycles. The SMILES string of the molecule is COc1c(Cl)cc(C(=O)OCc2ccccc2[N+](=O)[O-])cc1Cl. The van der Waals surface area contributed by atoms with E-state index in [1.165, 1.54) is 37.4 Å². The van der Waals surface area contributed by atoms with Crippen molar-refractivity contribution >= 4 is 34.9 Å². The van der Waals surface area contributed by atoms with Gasteiger partial charge in [-0.2, -0.15) is 0 Å². The monoisotopic (exact) mass is 355 g/mol. The van der Waals surface area contributed by atoms with E-state index in [-0.39, 0.29) is 39.2 Å². The van der Waals surface area contributed by atoms with E-state index in [9.17, 15) is 14.9 Å². The summed E-state index contributed by atoms with van der Waals surface area (Å²) in [6.07, 6.45) is 0.